The van der Waals surface area contributed by atoms with Crippen LogP contribution < -0.4 is 0 Å². The van der Waals surface area contributed by atoms with Crippen LogP contribution in [0.1, 0.15) is 19.8 Å². The Labute approximate surface area is 65.8 Å². The maximum atomic E-state index is 3.75. The average Bonchev–Trinajstić information content (AvgIpc) is 1.80. The molecule has 0 atom stereocenters. The van der Waals surface area contributed by atoms with Crippen molar-refractivity contribution in [3.8, 4) is 0 Å². The summed E-state index contributed by atoms with van der Waals surface area (Å²) in [5.41, 5.74) is 1.13. The summed E-state index contributed by atoms with van der Waals surface area (Å²) < 4.78 is 0. The number of unbranched alkanes of at least 4 members (excludes halogenated alkanes) is 1. The Morgan fingerprint density at radius 2 is 2.33 bits per heavy atom. The molecule has 0 saturated carbocycles. The Balaban J connectivity index is 3.15. The molecular formula is C8H13Br. The van der Waals surface area contributed by atoms with Crippen LogP contribution in [0, 0.1) is 0 Å². The van der Waals surface area contributed by atoms with Crippen molar-refractivity contribution in [3.63, 3.8) is 0 Å². The molecule has 0 saturated heterocycles. The standard InChI is InChI=1S/C8H13Br/c1-8(2)6-4-3-5-7-9/h4,6H,1,3,5,7H2,2H3/b6-4+. The lowest BCUT2D eigenvalue weighted by Gasteiger charge is -1.86. The van der Waals surface area contributed by atoms with Crippen molar-refractivity contribution in [2.45, 2.75) is 19.8 Å². The SMILES string of the molecule is C=C(C)/C=C/CCCBr. The normalized spacial score (nSPS) is 10.4. The third kappa shape index (κ3) is 7.96. The monoisotopic (exact) mass is 188 g/mol. The van der Waals surface area contributed by atoms with Gasteiger partial charge in [0.25, 0.3) is 0 Å². The van der Waals surface area contributed by atoms with Crippen LogP contribution in [0.15, 0.2) is 24.3 Å². The minimum Gasteiger partial charge on any atom is -0.0961 e. The highest BCUT2D eigenvalue weighted by Gasteiger charge is 1.77. The van der Waals surface area contributed by atoms with E-state index in [1.54, 1.807) is 0 Å². The van der Waals surface area contributed by atoms with Gasteiger partial charge in [-0.2, -0.15) is 0 Å². The zero-order valence-electron chi connectivity index (χ0n) is 5.86. The average molecular weight is 189 g/mol. The fourth-order valence-corrected chi connectivity index (χ4v) is 0.803. The first-order chi connectivity index (χ1) is 4.27. The number of hydrogen-bond acceptors (Lipinski definition) is 0. The fourth-order valence-electron chi connectivity index (χ4n) is 0.480. The fraction of sp³-hybridized carbons (Fsp3) is 0.500. The van der Waals surface area contributed by atoms with Crippen molar-refractivity contribution in [3.05, 3.63) is 24.3 Å². The summed E-state index contributed by atoms with van der Waals surface area (Å²) in [4.78, 5) is 0. The third-order valence-corrected chi connectivity index (χ3v) is 1.47. The largest absolute Gasteiger partial charge is 0.0961 e. The minimum atomic E-state index is 1.09. The van der Waals surface area contributed by atoms with E-state index in [9.17, 15) is 0 Å². The van der Waals surface area contributed by atoms with Gasteiger partial charge in [-0.3, -0.25) is 0 Å². The van der Waals surface area contributed by atoms with Gasteiger partial charge in [-0.25, -0.2) is 0 Å². The van der Waals surface area contributed by atoms with Crippen LogP contribution in [0.25, 0.3) is 0 Å². The molecule has 0 spiro atoms. The van der Waals surface area contributed by atoms with Crippen LogP contribution in [-0.4, -0.2) is 5.33 Å². The van der Waals surface area contributed by atoms with Crippen molar-refractivity contribution in [1.82, 2.24) is 0 Å². The molecule has 52 valence electrons. The van der Waals surface area contributed by atoms with Crippen LogP contribution >= 0.6 is 15.9 Å². The van der Waals surface area contributed by atoms with Crippen molar-refractivity contribution in [2.24, 2.45) is 0 Å². The number of alkyl halides is 1. The zero-order valence-corrected chi connectivity index (χ0v) is 7.45. The number of rotatable bonds is 4. The first-order valence-electron chi connectivity index (χ1n) is 3.15. The molecule has 0 aromatic heterocycles. The van der Waals surface area contributed by atoms with Crippen LogP contribution in [0.4, 0.5) is 0 Å². The van der Waals surface area contributed by atoms with Crippen LogP contribution in [0.5, 0.6) is 0 Å². The van der Waals surface area contributed by atoms with Gasteiger partial charge in [0.05, 0.1) is 0 Å². The molecule has 0 nitrogen and oxygen atoms in total. The van der Waals surface area contributed by atoms with Crippen molar-refractivity contribution >= 4 is 15.9 Å². The Bertz CT molecular complexity index is 103. The smallest absolute Gasteiger partial charge is 0.00342 e. The van der Waals surface area contributed by atoms with Gasteiger partial charge < -0.3 is 0 Å². The zero-order chi connectivity index (χ0) is 7.11. The predicted molar refractivity (Wildman–Crippen MR) is 47.0 cm³/mol. The first kappa shape index (κ1) is 8.96. The second-order valence-corrected chi connectivity index (χ2v) is 2.87. The molecule has 9 heavy (non-hydrogen) atoms. The molecule has 0 heterocycles. The summed E-state index contributed by atoms with van der Waals surface area (Å²) in [6.07, 6.45) is 6.58. The van der Waals surface area contributed by atoms with E-state index in [1.165, 1.54) is 6.42 Å². The Kier molecular flexibility index (Phi) is 6.06. The summed E-state index contributed by atoms with van der Waals surface area (Å²) in [7, 11) is 0. The highest BCUT2D eigenvalue weighted by Crippen LogP contribution is 1.97. The van der Waals surface area contributed by atoms with Gasteiger partial charge in [0.2, 0.25) is 0 Å². The molecule has 0 unspecified atom stereocenters. The first-order valence-corrected chi connectivity index (χ1v) is 4.27. The molecular weight excluding hydrogens is 176 g/mol. The number of allylic oxidation sites excluding steroid dienone is 3. The van der Waals surface area contributed by atoms with E-state index in [4.69, 9.17) is 0 Å². The Morgan fingerprint density at radius 3 is 2.78 bits per heavy atom. The van der Waals surface area contributed by atoms with E-state index in [1.807, 2.05) is 6.92 Å². The second-order valence-electron chi connectivity index (χ2n) is 2.08. The van der Waals surface area contributed by atoms with Crippen molar-refractivity contribution in [2.75, 3.05) is 5.33 Å². The quantitative estimate of drug-likeness (QED) is 0.361. The lowest BCUT2D eigenvalue weighted by Crippen LogP contribution is -1.70. The maximum absolute atomic E-state index is 3.75. The molecule has 0 N–H and O–H groups in total. The van der Waals surface area contributed by atoms with E-state index in [0.29, 0.717) is 0 Å². The minimum absolute atomic E-state index is 1.09. The summed E-state index contributed by atoms with van der Waals surface area (Å²) in [5, 5.41) is 1.09. The van der Waals surface area contributed by atoms with Crippen LogP contribution in [0.2, 0.25) is 0 Å². The number of hydrogen-bond donors (Lipinski definition) is 0. The van der Waals surface area contributed by atoms with Gasteiger partial charge in [-0.1, -0.05) is 40.2 Å². The van der Waals surface area contributed by atoms with E-state index < -0.39 is 0 Å². The van der Waals surface area contributed by atoms with E-state index >= 15 is 0 Å². The highest BCUT2D eigenvalue weighted by molar-refractivity contribution is 9.09. The Morgan fingerprint density at radius 1 is 1.67 bits per heavy atom. The lowest BCUT2D eigenvalue weighted by molar-refractivity contribution is 0.978. The van der Waals surface area contributed by atoms with Gasteiger partial charge in [-0.15, -0.1) is 0 Å². The van der Waals surface area contributed by atoms with Gasteiger partial charge in [-0.05, 0) is 19.8 Å². The molecule has 0 amide bonds. The topological polar surface area (TPSA) is 0 Å². The Hall–Kier alpha value is -0.0400. The molecule has 0 aliphatic carbocycles. The molecule has 0 radical (unpaired) electrons. The van der Waals surface area contributed by atoms with Crippen molar-refractivity contribution < 1.29 is 0 Å². The third-order valence-electron chi connectivity index (χ3n) is 0.907. The second kappa shape index (κ2) is 6.09. The molecule has 1 heteroatoms. The number of halogens is 1. The predicted octanol–water partition coefficient (Wildman–Crippen LogP) is 3.29. The highest BCUT2D eigenvalue weighted by atomic mass is 79.9. The molecule has 0 aromatic carbocycles. The van der Waals surface area contributed by atoms with Gasteiger partial charge in [0, 0.05) is 5.33 Å². The van der Waals surface area contributed by atoms with E-state index in [0.717, 1.165) is 17.3 Å². The molecule has 0 rings (SSSR count). The van der Waals surface area contributed by atoms with Crippen molar-refractivity contribution in [1.29, 1.82) is 0 Å². The van der Waals surface area contributed by atoms with Crippen LogP contribution in [-0.2, 0) is 0 Å². The molecule has 0 fully saturated rings. The van der Waals surface area contributed by atoms with Gasteiger partial charge in [0.1, 0.15) is 0 Å². The van der Waals surface area contributed by atoms with E-state index in [2.05, 4.69) is 34.7 Å². The molecule has 0 aliphatic heterocycles. The molecule has 0 aromatic rings. The maximum Gasteiger partial charge on any atom is 0.00342 e. The van der Waals surface area contributed by atoms with Gasteiger partial charge >= 0.3 is 0 Å². The summed E-state index contributed by atoms with van der Waals surface area (Å²) in [5.74, 6) is 0. The van der Waals surface area contributed by atoms with E-state index in [-0.39, 0.29) is 0 Å². The lowest BCUT2D eigenvalue weighted by atomic mass is 10.2. The van der Waals surface area contributed by atoms with Gasteiger partial charge in [0.15, 0.2) is 0 Å². The molecule has 0 aliphatic rings. The van der Waals surface area contributed by atoms with Crippen LogP contribution in [0.3, 0.4) is 0 Å². The summed E-state index contributed by atoms with van der Waals surface area (Å²) in [6.45, 7) is 5.76. The summed E-state index contributed by atoms with van der Waals surface area (Å²) in [6, 6.07) is 0. The molecule has 0 bridgehead atoms. The summed E-state index contributed by atoms with van der Waals surface area (Å²) >= 11 is 3.36.